The third-order valence-electron chi connectivity index (χ3n) is 2.42. The summed E-state index contributed by atoms with van der Waals surface area (Å²) in [6, 6.07) is -0.0813. The predicted molar refractivity (Wildman–Crippen MR) is 54.4 cm³/mol. The summed E-state index contributed by atoms with van der Waals surface area (Å²) in [6.45, 7) is 2.07. The lowest BCUT2D eigenvalue weighted by atomic mass is 10.1. The Labute approximate surface area is 89.6 Å². The molecule has 1 aliphatic carbocycles. The number of hydrogen-bond acceptors (Lipinski definition) is 4. The Balaban J connectivity index is 2.46. The van der Waals surface area contributed by atoms with Crippen LogP contribution < -0.4 is 9.44 Å². The Kier molecular flexibility index (Phi) is 3.92. The minimum absolute atomic E-state index is 0.0813. The maximum atomic E-state index is 11.3. The van der Waals surface area contributed by atoms with Crippen molar-refractivity contribution < 1.29 is 17.9 Å². The van der Waals surface area contributed by atoms with Gasteiger partial charge in [0.2, 0.25) is 0 Å². The average molecular weight is 236 g/mol. The van der Waals surface area contributed by atoms with Crippen LogP contribution in [0.3, 0.4) is 0 Å². The van der Waals surface area contributed by atoms with Gasteiger partial charge in [-0.3, -0.25) is 0 Å². The summed E-state index contributed by atoms with van der Waals surface area (Å²) in [5.41, 5.74) is 0. The van der Waals surface area contributed by atoms with Gasteiger partial charge in [0.25, 0.3) is 0 Å². The molecule has 7 heteroatoms. The Bertz CT molecular complexity index is 328. The van der Waals surface area contributed by atoms with Gasteiger partial charge in [-0.2, -0.15) is 13.1 Å². The molecule has 1 fully saturated rings. The standard InChI is InChI=1S/C8H16N2O4S/c1-6-3-4-7(5-6)9-15(12,13)10-8(11)14-2/h6-7,9H,3-5H2,1-2H3,(H,10,11). The molecular weight excluding hydrogens is 220 g/mol. The van der Waals surface area contributed by atoms with Crippen molar-refractivity contribution in [1.82, 2.24) is 9.44 Å². The molecule has 0 radical (unpaired) electrons. The number of rotatable bonds is 3. The van der Waals surface area contributed by atoms with Crippen LogP contribution in [0.25, 0.3) is 0 Å². The summed E-state index contributed by atoms with van der Waals surface area (Å²) >= 11 is 0. The first-order chi connectivity index (χ1) is 6.93. The second kappa shape index (κ2) is 4.80. The van der Waals surface area contributed by atoms with Crippen LogP contribution in [0.1, 0.15) is 26.2 Å². The summed E-state index contributed by atoms with van der Waals surface area (Å²) in [5.74, 6) is 0.524. The van der Waals surface area contributed by atoms with Crippen molar-refractivity contribution in [3.8, 4) is 0 Å². The normalized spacial score (nSPS) is 26.3. The quantitative estimate of drug-likeness (QED) is 0.741. The van der Waals surface area contributed by atoms with Gasteiger partial charge >= 0.3 is 16.3 Å². The number of amides is 1. The Morgan fingerprint density at radius 1 is 1.40 bits per heavy atom. The molecule has 0 saturated heterocycles. The molecular formula is C8H16N2O4S. The first-order valence-electron chi connectivity index (χ1n) is 4.81. The molecule has 2 unspecified atom stereocenters. The first kappa shape index (κ1) is 12.3. The number of nitrogens with one attached hydrogen (secondary N) is 2. The van der Waals surface area contributed by atoms with Gasteiger partial charge in [0.1, 0.15) is 0 Å². The van der Waals surface area contributed by atoms with E-state index in [9.17, 15) is 13.2 Å². The summed E-state index contributed by atoms with van der Waals surface area (Å²) in [6.07, 6.45) is 1.64. The van der Waals surface area contributed by atoms with Gasteiger partial charge in [0, 0.05) is 6.04 Å². The van der Waals surface area contributed by atoms with E-state index in [2.05, 4.69) is 16.4 Å². The lowest BCUT2D eigenvalue weighted by Crippen LogP contribution is -2.44. The van der Waals surface area contributed by atoms with Crippen molar-refractivity contribution >= 4 is 16.3 Å². The van der Waals surface area contributed by atoms with Crippen LogP contribution in [0.2, 0.25) is 0 Å². The molecule has 0 aliphatic heterocycles. The van der Waals surface area contributed by atoms with E-state index in [0.29, 0.717) is 5.92 Å². The van der Waals surface area contributed by atoms with E-state index in [1.54, 1.807) is 4.72 Å². The monoisotopic (exact) mass is 236 g/mol. The number of hydrogen-bond donors (Lipinski definition) is 2. The fourth-order valence-corrected chi connectivity index (χ4v) is 2.73. The largest absolute Gasteiger partial charge is 0.452 e. The maximum absolute atomic E-state index is 11.3. The van der Waals surface area contributed by atoms with Gasteiger partial charge in [-0.25, -0.2) is 9.52 Å². The van der Waals surface area contributed by atoms with Gasteiger partial charge in [-0.1, -0.05) is 6.92 Å². The number of carbonyl (C=O) groups is 1. The van der Waals surface area contributed by atoms with E-state index in [-0.39, 0.29) is 6.04 Å². The minimum atomic E-state index is -3.77. The van der Waals surface area contributed by atoms with Crippen molar-refractivity contribution in [1.29, 1.82) is 0 Å². The molecule has 1 saturated carbocycles. The Morgan fingerprint density at radius 2 is 2.07 bits per heavy atom. The molecule has 0 heterocycles. The highest BCUT2D eigenvalue weighted by Gasteiger charge is 2.26. The van der Waals surface area contributed by atoms with Crippen molar-refractivity contribution in [3.05, 3.63) is 0 Å². The molecule has 0 bridgehead atoms. The maximum Gasteiger partial charge on any atom is 0.421 e. The van der Waals surface area contributed by atoms with E-state index in [0.717, 1.165) is 26.4 Å². The summed E-state index contributed by atoms with van der Waals surface area (Å²) < 4.78 is 31.0. The lowest BCUT2D eigenvalue weighted by molar-refractivity contribution is 0.177. The van der Waals surface area contributed by atoms with Gasteiger partial charge in [0.15, 0.2) is 0 Å². The molecule has 1 aliphatic rings. The van der Waals surface area contributed by atoms with Crippen LogP contribution in [0, 0.1) is 5.92 Å². The molecule has 6 nitrogen and oxygen atoms in total. The molecule has 15 heavy (non-hydrogen) atoms. The van der Waals surface area contributed by atoms with Crippen LogP contribution in [-0.4, -0.2) is 27.7 Å². The highest BCUT2D eigenvalue weighted by molar-refractivity contribution is 7.88. The first-order valence-corrected chi connectivity index (χ1v) is 6.29. The highest BCUT2D eigenvalue weighted by Crippen LogP contribution is 2.24. The van der Waals surface area contributed by atoms with Gasteiger partial charge in [-0.15, -0.1) is 0 Å². The second-order valence-corrected chi connectivity index (χ2v) is 5.28. The molecule has 1 amide bonds. The molecule has 2 N–H and O–H groups in total. The number of carbonyl (C=O) groups excluding carboxylic acids is 1. The molecule has 0 aromatic heterocycles. The summed E-state index contributed by atoms with van der Waals surface area (Å²) in [5, 5.41) is 0. The summed E-state index contributed by atoms with van der Waals surface area (Å²) in [4.78, 5) is 10.7. The molecule has 0 aromatic carbocycles. The summed E-state index contributed by atoms with van der Waals surface area (Å²) in [7, 11) is -2.66. The third-order valence-corrected chi connectivity index (χ3v) is 3.50. The van der Waals surface area contributed by atoms with E-state index in [1.807, 2.05) is 0 Å². The number of ether oxygens (including phenoxy) is 1. The van der Waals surface area contributed by atoms with Crippen LogP contribution in [-0.2, 0) is 14.9 Å². The third kappa shape index (κ3) is 4.05. The van der Waals surface area contributed by atoms with Crippen LogP contribution in [0.4, 0.5) is 4.79 Å². The Hall–Kier alpha value is -0.820. The topological polar surface area (TPSA) is 84.5 Å². The zero-order valence-electron chi connectivity index (χ0n) is 8.82. The van der Waals surface area contributed by atoms with E-state index < -0.39 is 16.3 Å². The average Bonchev–Trinajstić information content (AvgIpc) is 2.49. The molecule has 1 rings (SSSR count). The van der Waals surface area contributed by atoms with Gasteiger partial charge < -0.3 is 4.74 Å². The van der Waals surface area contributed by atoms with Gasteiger partial charge in [0.05, 0.1) is 7.11 Å². The fourth-order valence-electron chi connectivity index (χ4n) is 1.71. The molecule has 0 aromatic rings. The molecule has 88 valence electrons. The van der Waals surface area contributed by atoms with Crippen LogP contribution >= 0.6 is 0 Å². The lowest BCUT2D eigenvalue weighted by Gasteiger charge is -2.12. The van der Waals surface area contributed by atoms with E-state index >= 15 is 0 Å². The Morgan fingerprint density at radius 3 is 2.53 bits per heavy atom. The second-order valence-electron chi connectivity index (χ2n) is 3.83. The molecule has 0 spiro atoms. The number of methoxy groups -OCH3 is 1. The van der Waals surface area contributed by atoms with E-state index in [4.69, 9.17) is 0 Å². The SMILES string of the molecule is COC(=O)NS(=O)(=O)NC1CCC(C)C1. The van der Waals surface area contributed by atoms with Crippen molar-refractivity contribution in [2.45, 2.75) is 32.2 Å². The van der Waals surface area contributed by atoms with Crippen molar-refractivity contribution in [3.63, 3.8) is 0 Å². The van der Waals surface area contributed by atoms with Crippen molar-refractivity contribution in [2.24, 2.45) is 5.92 Å². The van der Waals surface area contributed by atoms with Crippen LogP contribution in [0.5, 0.6) is 0 Å². The zero-order chi connectivity index (χ0) is 11.5. The molecule has 2 atom stereocenters. The minimum Gasteiger partial charge on any atom is -0.452 e. The zero-order valence-corrected chi connectivity index (χ0v) is 9.63. The van der Waals surface area contributed by atoms with Gasteiger partial charge in [-0.05, 0) is 25.2 Å². The van der Waals surface area contributed by atoms with Crippen molar-refractivity contribution in [2.75, 3.05) is 7.11 Å². The van der Waals surface area contributed by atoms with E-state index in [1.165, 1.54) is 0 Å². The predicted octanol–water partition coefficient (Wildman–Crippen LogP) is 0.365. The highest BCUT2D eigenvalue weighted by atomic mass is 32.2. The smallest absolute Gasteiger partial charge is 0.421 e. The fraction of sp³-hybridized carbons (Fsp3) is 0.875. The van der Waals surface area contributed by atoms with Crippen LogP contribution in [0.15, 0.2) is 0 Å².